The largest absolute Gasteiger partial charge is 0.497 e. The normalized spacial score (nSPS) is 13.4. The molecule has 1 aliphatic carbocycles. The lowest BCUT2D eigenvalue weighted by atomic mass is 9.96. The molecule has 0 bridgehead atoms. The van der Waals surface area contributed by atoms with Crippen LogP contribution in [0.2, 0.25) is 0 Å². The van der Waals surface area contributed by atoms with E-state index >= 15 is 0 Å². The molecule has 0 atom stereocenters. The van der Waals surface area contributed by atoms with Gasteiger partial charge in [-0.15, -0.1) is 0 Å². The van der Waals surface area contributed by atoms with Crippen molar-refractivity contribution in [2.75, 3.05) is 7.11 Å². The van der Waals surface area contributed by atoms with E-state index in [1.807, 2.05) is 52.0 Å². The van der Waals surface area contributed by atoms with E-state index in [4.69, 9.17) is 10.5 Å². The minimum Gasteiger partial charge on any atom is -0.497 e. The van der Waals surface area contributed by atoms with Crippen molar-refractivity contribution in [3.05, 3.63) is 53.4 Å². The SMILES string of the molecule is C=C1CCC(=O)C(N)=C1NCc1ccc(OC)cc1.CC.CC. The van der Waals surface area contributed by atoms with E-state index < -0.39 is 0 Å². The van der Waals surface area contributed by atoms with E-state index in [1.54, 1.807) is 7.11 Å². The van der Waals surface area contributed by atoms with Crippen LogP contribution < -0.4 is 15.8 Å². The monoisotopic (exact) mass is 318 g/mol. The van der Waals surface area contributed by atoms with Crippen LogP contribution in [-0.4, -0.2) is 12.9 Å². The first-order valence-corrected chi connectivity index (χ1v) is 8.19. The zero-order chi connectivity index (χ0) is 17.8. The van der Waals surface area contributed by atoms with Crippen molar-refractivity contribution in [2.45, 2.75) is 47.1 Å². The quantitative estimate of drug-likeness (QED) is 0.883. The van der Waals surface area contributed by atoms with Gasteiger partial charge in [0.05, 0.1) is 18.5 Å². The Morgan fingerprint density at radius 3 is 2.22 bits per heavy atom. The first kappa shape index (κ1) is 20.8. The standard InChI is InChI=1S/C15H18N2O2.2C2H6/c1-10-3-8-13(18)14(16)15(10)17-9-11-4-6-12(19-2)7-5-11;2*1-2/h4-7,17H,1,3,8-9,16H2,2H3;2*1-2H3. The van der Waals surface area contributed by atoms with Crippen LogP contribution in [0.1, 0.15) is 46.1 Å². The number of nitrogens with one attached hydrogen (secondary N) is 1. The third kappa shape index (κ3) is 6.19. The number of hydrogen-bond donors (Lipinski definition) is 2. The van der Waals surface area contributed by atoms with Gasteiger partial charge < -0.3 is 15.8 Å². The van der Waals surface area contributed by atoms with Crippen LogP contribution in [0.5, 0.6) is 5.75 Å². The zero-order valence-corrected chi connectivity index (χ0v) is 15.0. The van der Waals surface area contributed by atoms with E-state index in [0.717, 1.165) is 16.9 Å². The fourth-order valence-electron chi connectivity index (χ4n) is 2.01. The fourth-order valence-corrected chi connectivity index (χ4v) is 2.01. The Kier molecular flexibility index (Phi) is 10.3. The topological polar surface area (TPSA) is 64.4 Å². The molecular formula is C19H30N2O2. The number of ketones is 1. The van der Waals surface area contributed by atoms with Crippen molar-refractivity contribution in [2.24, 2.45) is 5.73 Å². The van der Waals surface area contributed by atoms with Crippen molar-refractivity contribution in [3.63, 3.8) is 0 Å². The van der Waals surface area contributed by atoms with Crippen LogP contribution in [0.3, 0.4) is 0 Å². The van der Waals surface area contributed by atoms with Crippen molar-refractivity contribution >= 4 is 5.78 Å². The van der Waals surface area contributed by atoms with Crippen molar-refractivity contribution in [1.82, 2.24) is 5.32 Å². The maximum atomic E-state index is 11.6. The van der Waals surface area contributed by atoms with Gasteiger partial charge in [0.15, 0.2) is 5.78 Å². The number of carbonyl (C=O) groups is 1. The fraction of sp³-hybridized carbons (Fsp3) is 0.421. The number of ether oxygens (including phenoxy) is 1. The maximum absolute atomic E-state index is 11.6. The first-order chi connectivity index (χ1) is 11.1. The van der Waals surface area contributed by atoms with Gasteiger partial charge in [0, 0.05) is 13.0 Å². The van der Waals surface area contributed by atoms with Gasteiger partial charge in [-0.3, -0.25) is 4.79 Å². The molecular weight excluding hydrogens is 288 g/mol. The van der Waals surface area contributed by atoms with Gasteiger partial charge in [0.2, 0.25) is 0 Å². The summed E-state index contributed by atoms with van der Waals surface area (Å²) >= 11 is 0. The molecule has 1 aliphatic rings. The summed E-state index contributed by atoms with van der Waals surface area (Å²) in [4.78, 5) is 11.6. The first-order valence-electron chi connectivity index (χ1n) is 8.19. The molecule has 3 N–H and O–H groups in total. The van der Waals surface area contributed by atoms with Crippen LogP contribution in [0, 0.1) is 0 Å². The number of Topliss-reactive ketones (excluding diaryl/α,β-unsaturated/α-hetero) is 1. The Labute approximate surface area is 140 Å². The zero-order valence-electron chi connectivity index (χ0n) is 15.0. The molecule has 0 spiro atoms. The minimum absolute atomic E-state index is 0.00960. The van der Waals surface area contributed by atoms with Crippen molar-refractivity contribution in [1.29, 1.82) is 0 Å². The summed E-state index contributed by atoms with van der Waals surface area (Å²) in [5.74, 6) is 0.810. The van der Waals surface area contributed by atoms with Crippen LogP contribution >= 0.6 is 0 Å². The third-order valence-corrected chi connectivity index (χ3v) is 3.21. The number of benzene rings is 1. The van der Waals surface area contributed by atoms with Crippen LogP contribution in [0.25, 0.3) is 0 Å². The molecule has 0 radical (unpaired) electrons. The highest BCUT2D eigenvalue weighted by Crippen LogP contribution is 2.22. The summed E-state index contributed by atoms with van der Waals surface area (Å²) in [6.07, 6.45) is 1.13. The molecule has 0 unspecified atom stereocenters. The Morgan fingerprint density at radius 1 is 1.13 bits per heavy atom. The molecule has 0 fully saturated rings. The minimum atomic E-state index is -0.00960. The second kappa shape index (κ2) is 11.4. The Bertz CT molecular complexity index is 531. The summed E-state index contributed by atoms with van der Waals surface area (Å²) in [5.41, 5.74) is 8.78. The second-order valence-electron chi connectivity index (χ2n) is 4.52. The van der Waals surface area contributed by atoms with E-state index in [1.165, 1.54) is 0 Å². The Hall–Kier alpha value is -2.23. The number of rotatable bonds is 4. The summed E-state index contributed by atoms with van der Waals surface area (Å²) in [6, 6.07) is 7.73. The smallest absolute Gasteiger partial charge is 0.180 e. The molecule has 1 aromatic rings. The predicted octanol–water partition coefficient (Wildman–Crippen LogP) is 3.93. The molecule has 0 saturated heterocycles. The lowest BCUT2D eigenvalue weighted by Gasteiger charge is -2.20. The van der Waals surface area contributed by atoms with Crippen LogP contribution in [0.4, 0.5) is 0 Å². The highest BCUT2D eigenvalue weighted by atomic mass is 16.5. The van der Waals surface area contributed by atoms with Gasteiger partial charge in [-0.25, -0.2) is 0 Å². The van der Waals surface area contributed by atoms with Gasteiger partial charge >= 0.3 is 0 Å². The summed E-state index contributed by atoms with van der Waals surface area (Å²) in [7, 11) is 1.64. The van der Waals surface area contributed by atoms with E-state index in [-0.39, 0.29) is 5.78 Å². The Balaban J connectivity index is 0.00000112. The highest BCUT2D eigenvalue weighted by Gasteiger charge is 2.20. The summed E-state index contributed by atoms with van der Waals surface area (Å²) in [6.45, 7) is 12.6. The van der Waals surface area contributed by atoms with Gasteiger partial charge in [-0.1, -0.05) is 46.4 Å². The lowest BCUT2D eigenvalue weighted by Crippen LogP contribution is -2.27. The van der Waals surface area contributed by atoms with Crippen LogP contribution in [0.15, 0.2) is 47.8 Å². The molecule has 23 heavy (non-hydrogen) atoms. The molecule has 2 rings (SSSR count). The number of allylic oxidation sites excluding steroid dienone is 2. The second-order valence-corrected chi connectivity index (χ2v) is 4.52. The number of methoxy groups -OCH3 is 1. The van der Waals surface area contributed by atoms with Gasteiger partial charge in [-0.2, -0.15) is 0 Å². The Morgan fingerprint density at radius 2 is 1.70 bits per heavy atom. The molecule has 0 aromatic heterocycles. The van der Waals surface area contributed by atoms with Gasteiger partial charge in [0.25, 0.3) is 0 Å². The molecule has 0 saturated carbocycles. The molecule has 4 nitrogen and oxygen atoms in total. The molecule has 0 heterocycles. The van der Waals surface area contributed by atoms with Gasteiger partial charge in [-0.05, 0) is 29.7 Å². The van der Waals surface area contributed by atoms with E-state index in [0.29, 0.717) is 30.8 Å². The van der Waals surface area contributed by atoms with Crippen molar-refractivity contribution < 1.29 is 9.53 Å². The number of hydrogen-bond acceptors (Lipinski definition) is 4. The molecule has 0 aliphatic heterocycles. The molecule has 4 heteroatoms. The summed E-state index contributed by atoms with van der Waals surface area (Å²) in [5, 5.41) is 3.20. The van der Waals surface area contributed by atoms with E-state index in [2.05, 4.69) is 11.9 Å². The molecule has 0 amide bonds. The number of carbonyl (C=O) groups excluding carboxylic acids is 1. The van der Waals surface area contributed by atoms with Crippen molar-refractivity contribution in [3.8, 4) is 5.75 Å². The van der Waals surface area contributed by atoms with Crippen LogP contribution in [-0.2, 0) is 11.3 Å². The average molecular weight is 318 g/mol. The maximum Gasteiger partial charge on any atom is 0.180 e. The summed E-state index contributed by atoms with van der Waals surface area (Å²) < 4.78 is 5.10. The average Bonchev–Trinajstić information content (AvgIpc) is 2.62. The highest BCUT2D eigenvalue weighted by molar-refractivity contribution is 5.97. The third-order valence-electron chi connectivity index (χ3n) is 3.21. The van der Waals surface area contributed by atoms with E-state index in [9.17, 15) is 4.79 Å². The predicted molar refractivity (Wildman–Crippen MR) is 97.1 cm³/mol. The molecule has 1 aromatic carbocycles. The molecule has 128 valence electrons. The lowest BCUT2D eigenvalue weighted by molar-refractivity contribution is -0.115. The van der Waals surface area contributed by atoms with Gasteiger partial charge in [0.1, 0.15) is 5.75 Å². The number of nitrogens with two attached hydrogens (primary N) is 1.